The number of nitrogens with zero attached hydrogens (tertiary/aromatic N) is 1. The quantitative estimate of drug-likeness (QED) is 0.523. The molecule has 1 aliphatic rings. The minimum atomic E-state index is -3.98. The summed E-state index contributed by atoms with van der Waals surface area (Å²) in [5, 5.41) is 5.21. The van der Waals surface area contributed by atoms with Gasteiger partial charge in [-0.2, -0.15) is 0 Å². The van der Waals surface area contributed by atoms with Gasteiger partial charge in [-0.05, 0) is 61.9 Å². The number of hydrogen-bond donors (Lipinski definition) is 3. The number of fused-ring (bicyclic) bond motifs is 1. The molecule has 3 N–H and O–H groups in total. The van der Waals surface area contributed by atoms with Gasteiger partial charge in [-0.25, -0.2) is 17.9 Å². The molecule has 2 heterocycles. The molecular weight excluding hydrogens is 464 g/mol. The van der Waals surface area contributed by atoms with Crippen molar-refractivity contribution >= 4 is 56.3 Å². The zero-order chi connectivity index (χ0) is 23.8. The maximum Gasteiger partial charge on any atom is 0.333 e. The zero-order valence-corrected chi connectivity index (χ0v) is 19.3. The van der Waals surface area contributed by atoms with E-state index in [4.69, 9.17) is 0 Å². The molecule has 170 valence electrons. The van der Waals surface area contributed by atoms with Gasteiger partial charge < -0.3 is 10.6 Å². The van der Waals surface area contributed by atoms with E-state index in [0.29, 0.717) is 28.2 Å². The third-order valence-corrected chi connectivity index (χ3v) is 7.76. The van der Waals surface area contributed by atoms with Gasteiger partial charge in [0.2, 0.25) is 5.91 Å². The Bertz CT molecular complexity index is 1380. The van der Waals surface area contributed by atoms with Gasteiger partial charge in [-0.1, -0.05) is 12.1 Å². The molecule has 0 saturated heterocycles. The number of carbonyl (C=O) groups is 3. The van der Waals surface area contributed by atoms with Crippen molar-refractivity contribution in [3.8, 4) is 0 Å². The average molecular weight is 485 g/mol. The minimum Gasteiger partial charge on any atom is -0.324 e. The van der Waals surface area contributed by atoms with Crippen LogP contribution in [0.5, 0.6) is 0 Å². The highest BCUT2D eigenvalue weighted by Gasteiger charge is 2.28. The average Bonchev–Trinajstić information content (AvgIpc) is 3.14. The van der Waals surface area contributed by atoms with Crippen LogP contribution in [-0.2, 0) is 14.8 Å². The third kappa shape index (κ3) is 4.73. The van der Waals surface area contributed by atoms with E-state index in [1.165, 1.54) is 17.0 Å². The Morgan fingerprint density at radius 3 is 2.52 bits per heavy atom. The number of benzene rings is 2. The summed E-state index contributed by atoms with van der Waals surface area (Å²) in [7, 11) is -3.98. The Hall–Kier alpha value is -3.70. The molecule has 0 spiro atoms. The van der Waals surface area contributed by atoms with Crippen LogP contribution in [0, 0.1) is 13.8 Å². The molecule has 3 aromatic rings. The second-order valence-electron chi connectivity index (χ2n) is 7.41. The lowest BCUT2D eigenvalue weighted by Gasteiger charge is -2.22. The van der Waals surface area contributed by atoms with Crippen molar-refractivity contribution in [2.24, 2.45) is 0 Å². The highest BCUT2D eigenvalue weighted by molar-refractivity contribution is 7.92. The van der Waals surface area contributed by atoms with Crippen LogP contribution in [0.15, 0.2) is 58.8 Å². The zero-order valence-electron chi connectivity index (χ0n) is 17.7. The molecule has 4 amide bonds. The third-order valence-electron chi connectivity index (χ3n) is 4.93. The van der Waals surface area contributed by atoms with Crippen molar-refractivity contribution in [2.45, 2.75) is 18.1 Å². The highest BCUT2D eigenvalue weighted by Crippen LogP contribution is 2.29. The number of aryl methyl sites for hydroxylation is 2. The second-order valence-corrected chi connectivity index (χ2v) is 10.6. The monoisotopic (exact) mass is 484 g/mol. The Balaban J connectivity index is 1.53. The molecule has 0 fully saturated rings. The Morgan fingerprint density at radius 2 is 1.82 bits per heavy atom. The smallest absolute Gasteiger partial charge is 0.324 e. The highest BCUT2D eigenvalue weighted by atomic mass is 32.2. The number of anilines is 3. The summed E-state index contributed by atoms with van der Waals surface area (Å²) in [6, 6.07) is 13.7. The lowest BCUT2D eigenvalue weighted by Crippen LogP contribution is -2.35. The first-order chi connectivity index (χ1) is 15.6. The van der Waals surface area contributed by atoms with E-state index in [9.17, 15) is 22.8 Å². The summed E-state index contributed by atoms with van der Waals surface area (Å²) in [6.07, 6.45) is 0. The second kappa shape index (κ2) is 8.68. The standard InChI is InChI=1S/C22H20N4O5S2/c1-13-11-15(23-22(29)25-33(30,31)20-10-7-14(2)32-20)8-9-18(13)26-12-19(27)24-17-6-4-3-5-16(17)21(26)28/h3-11H,12H2,1-2H3,(H,24,27)(H2,23,25,29). The van der Waals surface area contributed by atoms with Crippen LogP contribution >= 0.6 is 11.3 Å². The summed E-state index contributed by atoms with van der Waals surface area (Å²) in [5.74, 6) is -0.661. The van der Waals surface area contributed by atoms with Gasteiger partial charge in [0, 0.05) is 16.3 Å². The molecule has 9 nitrogen and oxygen atoms in total. The normalized spacial score (nSPS) is 13.7. The number of urea groups is 1. The van der Waals surface area contributed by atoms with Crippen LogP contribution in [0.4, 0.5) is 21.9 Å². The van der Waals surface area contributed by atoms with Crippen LogP contribution in [0.1, 0.15) is 20.8 Å². The van der Waals surface area contributed by atoms with E-state index in [1.54, 1.807) is 56.3 Å². The van der Waals surface area contributed by atoms with Gasteiger partial charge in [0.1, 0.15) is 10.8 Å². The van der Waals surface area contributed by atoms with Crippen molar-refractivity contribution in [2.75, 3.05) is 22.1 Å². The number of sulfonamides is 1. The Morgan fingerprint density at radius 1 is 1.06 bits per heavy atom. The van der Waals surface area contributed by atoms with Crippen LogP contribution in [-0.4, -0.2) is 32.8 Å². The fourth-order valence-electron chi connectivity index (χ4n) is 3.45. The van der Waals surface area contributed by atoms with Gasteiger partial charge in [0.15, 0.2) is 0 Å². The van der Waals surface area contributed by atoms with Crippen LogP contribution in [0.2, 0.25) is 0 Å². The van der Waals surface area contributed by atoms with E-state index >= 15 is 0 Å². The molecule has 0 aliphatic carbocycles. The topological polar surface area (TPSA) is 125 Å². The number of carbonyl (C=O) groups excluding carboxylic acids is 3. The lowest BCUT2D eigenvalue weighted by atomic mass is 10.1. The Labute approximate surface area is 194 Å². The van der Waals surface area contributed by atoms with Crippen molar-refractivity contribution in [1.29, 1.82) is 0 Å². The summed E-state index contributed by atoms with van der Waals surface area (Å²) < 4.78 is 26.7. The Kier molecular flexibility index (Phi) is 5.91. The van der Waals surface area contributed by atoms with Crippen LogP contribution < -0.4 is 20.3 Å². The number of nitrogens with one attached hydrogen (secondary N) is 3. The maximum absolute atomic E-state index is 13.1. The predicted octanol–water partition coefficient (Wildman–Crippen LogP) is 3.47. The fraction of sp³-hybridized carbons (Fsp3) is 0.136. The van der Waals surface area contributed by atoms with Crippen molar-refractivity contribution in [1.82, 2.24) is 4.72 Å². The first-order valence-corrected chi connectivity index (χ1v) is 12.2. The molecule has 11 heteroatoms. The summed E-state index contributed by atoms with van der Waals surface area (Å²) in [5.41, 5.74) is 2.27. The van der Waals surface area contributed by atoms with Crippen molar-refractivity contribution in [3.63, 3.8) is 0 Å². The molecule has 0 bridgehead atoms. The molecule has 1 aromatic heterocycles. The summed E-state index contributed by atoms with van der Waals surface area (Å²) in [4.78, 5) is 39.8. The first kappa shape index (κ1) is 22.5. The van der Waals surface area contributed by atoms with Gasteiger partial charge in [-0.15, -0.1) is 11.3 Å². The van der Waals surface area contributed by atoms with Crippen molar-refractivity contribution < 1.29 is 22.8 Å². The maximum atomic E-state index is 13.1. The molecule has 0 saturated carbocycles. The first-order valence-electron chi connectivity index (χ1n) is 9.86. The minimum absolute atomic E-state index is 0.0416. The van der Waals surface area contributed by atoms with Gasteiger partial charge in [0.05, 0.1) is 11.3 Å². The lowest BCUT2D eigenvalue weighted by molar-refractivity contribution is -0.114. The van der Waals surface area contributed by atoms with Gasteiger partial charge in [0.25, 0.3) is 15.9 Å². The van der Waals surface area contributed by atoms with Crippen molar-refractivity contribution in [3.05, 3.63) is 70.6 Å². The molecule has 0 unspecified atom stereocenters. The molecular formula is C22H20N4O5S2. The number of para-hydroxylation sites is 1. The molecule has 0 radical (unpaired) electrons. The molecule has 2 aromatic carbocycles. The molecule has 4 rings (SSSR count). The molecule has 0 atom stereocenters. The van der Waals surface area contributed by atoms with E-state index in [1.807, 2.05) is 4.72 Å². The number of hydrogen-bond acceptors (Lipinski definition) is 6. The van der Waals surface area contributed by atoms with Gasteiger partial charge >= 0.3 is 6.03 Å². The van der Waals surface area contributed by atoms with Crippen LogP contribution in [0.3, 0.4) is 0 Å². The SMILES string of the molecule is Cc1ccc(S(=O)(=O)NC(=O)Nc2ccc(N3CC(=O)Nc4ccccc4C3=O)c(C)c2)s1. The number of amides is 4. The number of thiophene rings is 1. The summed E-state index contributed by atoms with van der Waals surface area (Å²) in [6.45, 7) is 3.33. The fourth-order valence-corrected chi connectivity index (χ4v) is 5.64. The molecule has 1 aliphatic heterocycles. The van der Waals surface area contributed by atoms with E-state index in [-0.39, 0.29) is 22.6 Å². The van der Waals surface area contributed by atoms with Crippen LogP contribution in [0.25, 0.3) is 0 Å². The van der Waals surface area contributed by atoms with E-state index in [0.717, 1.165) is 16.2 Å². The van der Waals surface area contributed by atoms with Gasteiger partial charge in [-0.3, -0.25) is 14.5 Å². The van der Waals surface area contributed by atoms with E-state index in [2.05, 4.69) is 10.6 Å². The van der Waals surface area contributed by atoms with E-state index < -0.39 is 16.1 Å². The summed E-state index contributed by atoms with van der Waals surface area (Å²) >= 11 is 1.06. The predicted molar refractivity (Wildman–Crippen MR) is 126 cm³/mol. The molecule has 33 heavy (non-hydrogen) atoms. The number of rotatable bonds is 4. The largest absolute Gasteiger partial charge is 0.333 e.